The summed E-state index contributed by atoms with van der Waals surface area (Å²) in [5.41, 5.74) is 1.83. The van der Waals surface area contributed by atoms with E-state index in [-0.39, 0.29) is 12.6 Å². The third-order valence-electron chi connectivity index (χ3n) is 2.39. The number of rotatable bonds is 4. The molecule has 1 aromatic carbocycles. The van der Waals surface area contributed by atoms with Crippen molar-refractivity contribution in [3.63, 3.8) is 0 Å². The van der Waals surface area contributed by atoms with Crippen molar-refractivity contribution in [2.24, 2.45) is 0 Å². The molecule has 0 saturated carbocycles. The van der Waals surface area contributed by atoms with Crippen molar-refractivity contribution < 1.29 is 5.11 Å². The largest absolute Gasteiger partial charge is 0.396 e. The molecule has 78 valence electrons. The molecule has 2 rings (SSSR count). The highest BCUT2D eigenvalue weighted by atomic mass is 16.3. The molecule has 4 heteroatoms. The second-order valence-corrected chi connectivity index (χ2v) is 3.34. The van der Waals surface area contributed by atoms with Crippen LogP contribution in [0.25, 0.3) is 11.0 Å². The number of aromatic nitrogens is 3. The maximum absolute atomic E-state index is 8.93. The fraction of sp³-hybridized carbons (Fsp3) is 0.273. The molecule has 0 saturated heterocycles. The second kappa shape index (κ2) is 4.23. The summed E-state index contributed by atoms with van der Waals surface area (Å²) in [6.45, 7) is 3.86. The minimum atomic E-state index is 0.00222. The summed E-state index contributed by atoms with van der Waals surface area (Å²) in [4.78, 5) is 0. The van der Waals surface area contributed by atoms with E-state index in [9.17, 15) is 0 Å². The summed E-state index contributed by atoms with van der Waals surface area (Å²) in [5, 5.41) is 17.1. The highest BCUT2D eigenvalue weighted by Gasteiger charge is 2.11. The van der Waals surface area contributed by atoms with E-state index >= 15 is 0 Å². The molecule has 1 atom stereocenters. The lowest BCUT2D eigenvalue weighted by atomic mass is 10.2. The average molecular weight is 203 g/mol. The summed E-state index contributed by atoms with van der Waals surface area (Å²) >= 11 is 0. The lowest BCUT2D eigenvalue weighted by molar-refractivity contribution is 0.266. The topological polar surface area (TPSA) is 50.9 Å². The van der Waals surface area contributed by atoms with Gasteiger partial charge < -0.3 is 5.11 Å². The molecule has 0 aliphatic rings. The number of fused-ring (bicyclic) bond motifs is 1. The Morgan fingerprint density at radius 2 is 2.27 bits per heavy atom. The number of hydrogen-bond donors (Lipinski definition) is 1. The van der Waals surface area contributed by atoms with E-state index < -0.39 is 0 Å². The SMILES string of the molecule is C=CC(CCO)n1nnc2ccccc21. The molecule has 1 N–H and O–H groups in total. The number of aliphatic hydroxyl groups is 1. The summed E-state index contributed by atoms with van der Waals surface area (Å²) in [6, 6.07) is 7.75. The maximum atomic E-state index is 8.93. The molecule has 1 unspecified atom stereocenters. The smallest absolute Gasteiger partial charge is 0.113 e. The Bertz CT molecular complexity index is 464. The van der Waals surface area contributed by atoms with Crippen LogP contribution in [0.2, 0.25) is 0 Å². The standard InChI is InChI=1S/C11H13N3O/c1-2-9(7-8-15)14-11-6-4-3-5-10(11)12-13-14/h2-6,9,15H,1,7-8H2. The first-order chi connectivity index (χ1) is 7.36. The molecule has 0 amide bonds. The Morgan fingerprint density at radius 1 is 1.47 bits per heavy atom. The molecule has 0 fully saturated rings. The Labute approximate surface area is 87.8 Å². The Kier molecular flexibility index (Phi) is 2.78. The Balaban J connectivity index is 2.46. The van der Waals surface area contributed by atoms with Gasteiger partial charge in [0.05, 0.1) is 11.6 Å². The number of aliphatic hydroxyl groups excluding tert-OH is 1. The number of para-hydroxylation sites is 1. The molecule has 1 heterocycles. The fourth-order valence-electron chi connectivity index (χ4n) is 1.60. The highest BCUT2D eigenvalue weighted by molar-refractivity contribution is 5.74. The average Bonchev–Trinajstić information content (AvgIpc) is 2.70. The molecule has 1 aromatic heterocycles. The summed E-state index contributed by atoms with van der Waals surface area (Å²) < 4.78 is 1.79. The summed E-state index contributed by atoms with van der Waals surface area (Å²) in [7, 11) is 0. The van der Waals surface area contributed by atoms with Crippen molar-refractivity contribution in [3.05, 3.63) is 36.9 Å². The van der Waals surface area contributed by atoms with Crippen molar-refractivity contribution in [1.82, 2.24) is 15.0 Å². The van der Waals surface area contributed by atoms with Gasteiger partial charge in [-0.25, -0.2) is 4.68 Å². The predicted octanol–water partition coefficient (Wildman–Crippen LogP) is 1.54. The minimum Gasteiger partial charge on any atom is -0.396 e. The number of hydrogen-bond acceptors (Lipinski definition) is 3. The van der Waals surface area contributed by atoms with Gasteiger partial charge in [0.2, 0.25) is 0 Å². The summed E-state index contributed by atoms with van der Waals surface area (Å²) in [5.74, 6) is 0. The van der Waals surface area contributed by atoms with E-state index in [4.69, 9.17) is 5.11 Å². The van der Waals surface area contributed by atoms with Crippen LogP contribution in [0.4, 0.5) is 0 Å². The molecular weight excluding hydrogens is 190 g/mol. The first-order valence-electron chi connectivity index (χ1n) is 4.90. The molecule has 0 aliphatic carbocycles. The van der Waals surface area contributed by atoms with Gasteiger partial charge in [0.15, 0.2) is 0 Å². The molecule has 15 heavy (non-hydrogen) atoms. The minimum absolute atomic E-state index is 0.00222. The molecule has 0 aliphatic heterocycles. The van der Waals surface area contributed by atoms with Crippen LogP contribution >= 0.6 is 0 Å². The summed E-state index contributed by atoms with van der Waals surface area (Å²) in [6.07, 6.45) is 2.38. The second-order valence-electron chi connectivity index (χ2n) is 3.34. The van der Waals surface area contributed by atoms with Gasteiger partial charge >= 0.3 is 0 Å². The van der Waals surface area contributed by atoms with Crippen LogP contribution < -0.4 is 0 Å². The lowest BCUT2D eigenvalue weighted by Gasteiger charge is -2.11. The monoisotopic (exact) mass is 203 g/mol. The van der Waals surface area contributed by atoms with Crippen LogP contribution in [0.15, 0.2) is 36.9 Å². The first kappa shape index (κ1) is 9.86. The van der Waals surface area contributed by atoms with Crippen molar-refractivity contribution in [2.75, 3.05) is 6.61 Å². The zero-order chi connectivity index (χ0) is 10.7. The first-order valence-corrected chi connectivity index (χ1v) is 4.90. The van der Waals surface area contributed by atoms with Crippen molar-refractivity contribution >= 4 is 11.0 Å². The molecule has 4 nitrogen and oxygen atoms in total. The van der Waals surface area contributed by atoms with E-state index in [1.807, 2.05) is 24.3 Å². The Hall–Kier alpha value is -1.68. The van der Waals surface area contributed by atoms with E-state index in [0.29, 0.717) is 6.42 Å². The normalized spacial score (nSPS) is 12.9. The van der Waals surface area contributed by atoms with E-state index in [1.165, 1.54) is 0 Å². The van der Waals surface area contributed by atoms with Crippen LogP contribution in [0.1, 0.15) is 12.5 Å². The van der Waals surface area contributed by atoms with Crippen LogP contribution in [0, 0.1) is 0 Å². The van der Waals surface area contributed by atoms with Gasteiger partial charge in [-0.1, -0.05) is 23.4 Å². The Morgan fingerprint density at radius 3 is 3.00 bits per heavy atom. The van der Waals surface area contributed by atoms with Gasteiger partial charge in [-0.05, 0) is 18.6 Å². The molecular formula is C11H13N3O. The van der Waals surface area contributed by atoms with E-state index in [1.54, 1.807) is 10.8 Å². The van der Waals surface area contributed by atoms with Gasteiger partial charge in [-0.3, -0.25) is 0 Å². The molecule has 0 bridgehead atoms. The van der Waals surface area contributed by atoms with Crippen LogP contribution in [0.5, 0.6) is 0 Å². The van der Waals surface area contributed by atoms with Crippen molar-refractivity contribution in [2.45, 2.75) is 12.5 Å². The van der Waals surface area contributed by atoms with Gasteiger partial charge in [0.1, 0.15) is 5.52 Å². The van der Waals surface area contributed by atoms with Crippen molar-refractivity contribution in [1.29, 1.82) is 0 Å². The number of nitrogens with zero attached hydrogens (tertiary/aromatic N) is 3. The molecule has 2 aromatic rings. The van der Waals surface area contributed by atoms with Crippen molar-refractivity contribution in [3.8, 4) is 0 Å². The number of allylic oxidation sites excluding steroid dienone is 1. The van der Waals surface area contributed by atoms with Crippen LogP contribution in [-0.4, -0.2) is 26.7 Å². The predicted molar refractivity (Wildman–Crippen MR) is 58.5 cm³/mol. The van der Waals surface area contributed by atoms with Gasteiger partial charge in [-0.15, -0.1) is 11.7 Å². The lowest BCUT2D eigenvalue weighted by Crippen LogP contribution is -2.09. The quantitative estimate of drug-likeness (QED) is 0.767. The maximum Gasteiger partial charge on any atom is 0.113 e. The zero-order valence-corrected chi connectivity index (χ0v) is 8.37. The van der Waals surface area contributed by atoms with E-state index in [0.717, 1.165) is 11.0 Å². The molecule has 0 spiro atoms. The third-order valence-corrected chi connectivity index (χ3v) is 2.39. The number of benzene rings is 1. The highest BCUT2D eigenvalue weighted by Crippen LogP contribution is 2.18. The van der Waals surface area contributed by atoms with Gasteiger partial charge in [0, 0.05) is 6.61 Å². The van der Waals surface area contributed by atoms with Crippen LogP contribution in [0.3, 0.4) is 0 Å². The van der Waals surface area contributed by atoms with Gasteiger partial charge in [-0.2, -0.15) is 0 Å². The third kappa shape index (κ3) is 1.76. The van der Waals surface area contributed by atoms with E-state index in [2.05, 4.69) is 16.9 Å². The molecule has 0 radical (unpaired) electrons. The van der Waals surface area contributed by atoms with Gasteiger partial charge in [0.25, 0.3) is 0 Å². The fourth-order valence-corrected chi connectivity index (χ4v) is 1.60. The zero-order valence-electron chi connectivity index (χ0n) is 8.37. The van der Waals surface area contributed by atoms with Crippen LogP contribution in [-0.2, 0) is 0 Å².